The molecule has 0 bridgehead atoms. The number of nitrogens with two attached hydrogens (primary N) is 1. The summed E-state index contributed by atoms with van der Waals surface area (Å²) in [6.07, 6.45) is -4.35. The normalized spacial score (nSPS) is 18.2. The summed E-state index contributed by atoms with van der Waals surface area (Å²) in [4.78, 5) is 3.55. The Hall–Kier alpha value is -3.45. The van der Waals surface area contributed by atoms with Crippen LogP contribution in [0.1, 0.15) is 39.9 Å². The van der Waals surface area contributed by atoms with Gasteiger partial charge in [-0.25, -0.2) is 0 Å². The van der Waals surface area contributed by atoms with E-state index in [4.69, 9.17) is 9.47 Å². The predicted molar refractivity (Wildman–Crippen MR) is 120 cm³/mol. The van der Waals surface area contributed by atoms with Gasteiger partial charge in [0.05, 0.1) is 37.9 Å². The summed E-state index contributed by atoms with van der Waals surface area (Å²) < 4.78 is 50.5. The number of para-hydroxylation sites is 2. The number of rotatable bonds is 4. The van der Waals surface area contributed by atoms with Gasteiger partial charge in [0.1, 0.15) is 0 Å². The van der Waals surface area contributed by atoms with Gasteiger partial charge in [-0.2, -0.15) is 13.2 Å². The first kappa shape index (κ1) is 21.4. The lowest BCUT2D eigenvalue weighted by atomic mass is 9.82. The molecule has 4 nitrogen and oxygen atoms in total. The fourth-order valence-electron chi connectivity index (χ4n) is 4.96. The third-order valence-corrected chi connectivity index (χ3v) is 6.45. The quantitative estimate of drug-likeness (QED) is 0.457. The molecule has 4 aromatic rings. The number of H-pyrrole nitrogens is 1. The summed E-state index contributed by atoms with van der Waals surface area (Å²) in [7, 11) is 3.25. The molecule has 1 aliphatic heterocycles. The highest BCUT2D eigenvalue weighted by atomic mass is 19.4. The molecular formula is C26H24F3N2O2+. The molecule has 2 atom stereocenters. The molecule has 0 saturated heterocycles. The van der Waals surface area contributed by atoms with E-state index in [1.54, 1.807) is 26.4 Å². The van der Waals surface area contributed by atoms with Crippen molar-refractivity contribution in [3.63, 3.8) is 0 Å². The average molecular weight is 453 g/mol. The zero-order valence-electron chi connectivity index (χ0n) is 18.2. The molecule has 3 aromatic carbocycles. The Labute approximate surface area is 189 Å². The number of benzene rings is 3. The molecule has 0 aliphatic carbocycles. The van der Waals surface area contributed by atoms with Crippen LogP contribution < -0.4 is 14.8 Å². The van der Waals surface area contributed by atoms with E-state index in [2.05, 4.69) is 16.4 Å². The van der Waals surface area contributed by atoms with Crippen LogP contribution in [0.3, 0.4) is 0 Å². The van der Waals surface area contributed by atoms with Crippen molar-refractivity contribution in [2.75, 3.05) is 20.8 Å². The molecule has 0 saturated carbocycles. The van der Waals surface area contributed by atoms with Crippen LogP contribution in [-0.4, -0.2) is 25.7 Å². The molecule has 1 aromatic heterocycles. The minimum absolute atomic E-state index is 0.0203. The number of halogens is 3. The van der Waals surface area contributed by atoms with Gasteiger partial charge in [-0.05, 0) is 24.3 Å². The molecule has 3 N–H and O–H groups in total. The van der Waals surface area contributed by atoms with E-state index in [1.165, 1.54) is 0 Å². The van der Waals surface area contributed by atoms with E-state index < -0.39 is 11.7 Å². The highest BCUT2D eigenvalue weighted by Crippen LogP contribution is 2.44. The Morgan fingerprint density at radius 3 is 2.36 bits per heavy atom. The van der Waals surface area contributed by atoms with Crippen LogP contribution in [0.15, 0.2) is 66.7 Å². The van der Waals surface area contributed by atoms with Crippen LogP contribution in [0.4, 0.5) is 13.2 Å². The van der Waals surface area contributed by atoms with E-state index in [1.807, 2.05) is 36.4 Å². The van der Waals surface area contributed by atoms with Gasteiger partial charge in [0.25, 0.3) is 0 Å². The van der Waals surface area contributed by atoms with Crippen LogP contribution in [-0.2, 0) is 6.18 Å². The smallest absolute Gasteiger partial charge is 0.416 e. The SMILES string of the molecule is COc1cccc([C@H]2C[NH2+][C@H](c3ccc(C(F)(F)F)cc3)c3[nH]c4ccccc4c32)c1OC. The van der Waals surface area contributed by atoms with E-state index >= 15 is 0 Å². The molecule has 1 aliphatic rings. The number of aromatic amines is 1. The van der Waals surface area contributed by atoms with Crippen molar-refractivity contribution in [1.29, 1.82) is 0 Å². The first-order valence-electron chi connectivity index (χ1n) is 10.7. The van der Waals surface area contributed by atoms with Crippen LogP contribution in [0.5, 0.6) is 11.5 Å². The van der Waals surface area contributed by atoms with Crippen molar-refractivity contribution in [3.05, 3.63) is 94.7 Å². The van der Waals surface area contributed by atoms with Crippen molar-refractivity contribution in [3.8, 4) is 11.5 Å². The first-order chi connectivity index (χ1) is 15.9. The maximum absolute atomic E-state index is 13.1. The topological polar surface area (TPSA) is 50.9 Å². The summed E-state index contributed by atoms with van der Waals surface area (Å²) in [6.45, 7) is 0.712. The highest BCUT2D eigenvalue weighted by Gasteiger charge is 2.38. The molecule has 0 radical (unpaired) electrons. The summed E-state index contributed by atoms with van der Waals surface area (Å²) in [5.74, 6) is 1.38. The van der Waals surface area contributed by atoms with Gasteiger partial charge in [-0.3, -0.25) is 0 Å². The zero-order valence-corrected chi connectivity index (χ0v) is 18.2. The number of alkyl halides is 3. The Bertz CT molecular complexity index is 1300. The number of nitrogens with one attached hydrogen (secondary N) is 1. The fraction of sp³-hybridized carbons (Fsp3) is 0.231. The monoisotopic (exact) mass is 453 g/mol. The maximum Gasteiger partial charge on any atom is 0.416 e. The van der Waals surface area contributed by atoms with Gasteiger partial charge in [0, 0.05) is 27.6 Å². The van der Waals surface area contributed by atoms with Crippen molar-refractivity contribution in [2.45, 2.75) is 18.1 Å². The van der Waals surface area contributed by atoms with Crippen LogP contribution >= 0.6 is 0 Å². The zero-order chi connectivity index (χ0) is 23.2. The minimum atomic E-state index is -4.35. The third-order valence-electron chi connectivity index (χ3n) is 6.45. The lowest BCUT2D eigenvalue weighted by molar-refractivity contribution is -0.692. The Morgan fingerprint density at radius 2 is 1.67 bits per heavy atom. The number of aromatic nitrogens is 1. The number of hydrogen-bond donors (Lipinski definition) is 2. The maximum atomic E-state index is 13.1. The van der Waals surface area contributed by atoms with Crippen molar-refractivity contribution < 1.29 is 28.0 Å². The van der Waals surface area contributed by atoms with E-state index in [9.17, 15) is 13.2 Å². The molecule has 0 amide bonds. The first-order valence-corrected chi connectivity index (χ1v) is 10.7. The Morgan fingerprint density at radius 1 is 0.909 bits per heavy atom. The van der Waals surface area contributed by atoms with E-state index in [0.29, 0.717) is 18.0 Å². The van der Waals surface area contributed by atoms with Gasteiger partial charge < -0.3 is 19.8 Å². The number of fused-ring (bicyclic) bond motifs is 3. The Kier molecular flexibility index (Phi) is 5.29. The molecule has 0 fully saturated rings. The molecule has 170 valence electrons. The number of methoxy groups -OCH3 is 2. The second-order valence-corrected chi connectivity index (χ2v) is 8.20. The summed E-state index contributed by atoms with van der Waals surface area (Å²) in [5, 5.41) is 3.27. The molecule has 0 unspecified atom stereocenters. The number of ether oxygens (including phenoxy) is 2. The van der Waals surface area contributed by atoms with E-state index in [0.717, 1.165) is 45.4 Å². The van der Waals surface area contributed by atoms with Crippen LogP contribution in [0.25, 0.3) is 10.9 Å². The number of quaternary nitrogens is 1. The van der Waals surface area contributed by atoms with Crippen molar-refractivity contribution in [1.82, 2.24) is 4.98 Å². The summed E-state index contributed by atoms with van der Waals surface area (Å²) >= 11 is 0. The van der Waals surface area contributed by atoms with Crippen LogP contribution in [0, 0.1) is 0 Å². The molecular weight excluding hydrogens is 429 g/mol. The van der Waals surface area contributed by atoms with Gasteiger partial charge in [-0.15, -0.1) is 0 Å². The van der Waals surface area contributed by atoms with Gasteiger partial charge in [0.2, 0.25) is 0 Å². The predicted octanol–water partition coefficient (Wildman–Crippen LogP) is 5.00. The lowest BCUT2D eigenvalue weighted by Gasteiger charge is -2.29. The summed E-state index contributed by atoms with van der Waals surface area (Å²) in [5.41, 5.74) is 4.35. The molecule has 0 spiro atoms. The van der Waals surface area contributed by atoms with E-state index in [-0.39, 0.29) is 12.0 Å². The second kappa shape index (κ2) is 8.15. The molecule has 5 rings (SSSR count). The minimum Gasteiger partial charge on any atom is -0.493 e. The highest BCUT2D eigenvalue weighted by molar-refractivity contribution is 5.86. The molecule has 7 heteroatoms. The van der Waals surface area contributed by atoms with Gasteiger partial charge in [-0.1, -0.05) is 42.5 Å². The van der Waals surface area contributed by atoms with Gasteiger partial charge in [0.15, 0.2) is 17.5 Å². The second-order valence-electron chi connectivity index (χ2n) is 8.20. The van der Waals surface area contributed by atoms with Crippen LogP contribution in [0.2, 0.25) is 0 Å². The fourth-order valence-corrected chi connectivity index (χ4v) is 4.96. The average Bonchev–Trinajstić information content (AvgIpc) is 3.22. The largest absolute Gasteiger partial charge is 0.493 e. The van der Waals surface area contributed by atoms with Crippen molar-refractivity contribution >= 4 is 10.9 Å². The van der Waals surface area contributed by atoms with Gasteiger partial charge >= 0.3 is 6.18 Å². The summed E-state index contributed by atoms with van der Waals surface area (Å²) in [6, 6.07) is 19.3. The number of hydrogen-bond acceptors (Lipinski definition) is 2. The third kappa shape index (κ3) is 3.62. The molecule has 2 heterocycles. The molecule has 33 heavy (non-hydrogen) atoms. The standard InChI is InChI=1S/C26H23F3N2O2/c1-32-21-9-5-7-17(25(21)33-2)19-14-30-23(15-10-12-16(13-11-15)26(27,28)29)24-22(19)18-6-3-4-8-20(18)31-24/h3-13,19,23,30-31H,14H2,1-2H3/p+1/t19-,23-/m1/s1. The van der Waals surface area contributed by atoms with Crippen molar-refractivity contribution in [2.24, 2.45) is 0 Å². The lowest BCUT2D eigenvalue weighted by Crippen LogP contribution is -2.88. The Balaban J connectivity index is 1.65.